The predicted octanol–water partition coefficient (Wildman–Crippen LogP) is 1.44. The van der Waals surface area contributed by atoms with Crippen LogP contribution in [0.1, 0.15) is 24.1 Å². The number of anilines is 1. The Morgan fingerprint density at radius 1 is 1.65 bits per heavy atom. The Morgan fingerprint density at radius 3 is 3.12 bits per heavy atom. The smallest absolute Gasteiger partial charge is 0.142 e. The summed E-state index contributed by atoms with van der Waals surface area (Å²) in [6, 6.07) is 2.20. The Bertz CT molecular complexity index is 426. The van der Waals surface area contributed by atoms with E-state index < -0.39 is 0 Å². The quantitative estimate of drug-likeness (QED) is 0.859. The van der Waals surface area contributed by atoms with Gasteiger partial charge in [0, 0.05) is 20.2 Å². The van der Waals surface area contributed by atoms with Crippen LogP contribution < -0.4 is 5.32 Å². The first kappa shape index (κ1) is 11.9. The summed E-state index contributed by atoms with van der Waals surface area (Å²) in [5, 5.41) is 16.6. The molecule has 1 N–H and O–H groups in total. The van der Waals surface area contributed by atoms with Crippen LogP contribution in [-0.2, 0) is 11.8 Å². The zero-order valence-electron chi connectivity index (χ0n) is 10.4. The topological polar surface area (TPSA) is 62.9 Å². The van der Waals surface area contributed by atoms with E-state index in [0.717, 1.165) is 37.7 Å². The standard InChI is InChI=1S/C12H18N4O/c1-9-11(6-13)12(16(2)15-9)14-7-10-4-3-5-17-8-10/h10,14H,3-5,7-8H2,1-2H3. The zero-order valence-corrected chi connectivity index (χ0v) is 10.4. The van der Waals surface area contributed by atoms with E-state index in [9.17, 15) is 0 Å². The number of hydrogen-bond acceptors (Lipinski definition) is 4. The second-order valence-electron chi connectivity index (χ2n) is 4.51. The van der Waals surface area contributed by atoms with Crippen molar-refractivity contribution < 1.29 is 4.74 Å². The van der Waals surface area contributed by atoms with Crippen molar-refractivity contribution in [1.29, 1.82) is 5.26 Å². The molecule has 1 unspecified atom stereocenters. The average molecular weight is 234 g/mol. The van der Waals surface area contributed by atoms with Crippen LogP contribution in [0.25, 0.3) is 0 Å². The van der Waals surface area contributed by atoms with Crippen LogP contribution in [0, 0.1) is 24.2 Å². The number of nitrogens with one attached hydrogen (secondary N) is 1. The Kier molecular flexibility index (Phi) is 3.64. The van der Waals surface area contributed by atoms with E-state index in [1.54, 1.807) is 4.68 Å². The molecule has 5 nitrogen and oxygen atoms in total. The fourth-order valence-electron chi connectivity index (χ4n) is 2.20. The fraction of sp³-hybridized carbons (Fsp3) is 0.667. The molecule has 1 aliphatic heterocycles. The first-order valence-corrected chi connectivity index (χ1v) is 5.97. The monoisotopic (exact) mass is 234 g/mol. The zero-order chi connectivity index (χ0) is 12.3. The van der Waals surface area contributed by atoms with Gasteiger partial charge in [-0.05, 0) is 25.7 Å². The summed E-state index contributed by atoms with van der Waals surface area (Å²) in [4.78, 5) is 0. The number of rotatable bonds is 3. The number of aromatic nitrogens is 2. The van der Waals surface area contributed by atoms with Gasteiger partial charge in [0.25, 0.3) is 0 Å². The van der Waals surface area contributed by atoms with E-state index in [1.807, 2.05) is 14.0 Å². The maximum absolute atomic E-state index is 9.08. The summed E-state index contributed by atoms with van der Waals surface area (Å²) in [5.74, 6) is 1.35. The number of aryl methyl sites for hydroxylation is 2. The van der Waals surface area contributed by atoms with E-state index in [4.69, 9.17) is 10.00 Å². The SMILES string of the molecule is Cc1nn(C)c(NCC2CCCOC2)c1C#N. The molecule has 0 saturated carbocycles. The molecule has 0 aliphatic carbocycles. The molecule has 0 radical (unpaired) electrons. The van der Waals surface area contributed by atoms with Crippen molar-refractivity contribution in [2.75, 3.05) is 25.1 Å². The molecule has 0 aromatic carbocycles. The molecule has 1 fully saturated rings. The summed E-state index contributed by atoms with van der Waals surface area (Å²) in [5.41, 5.74) is 1.42. The lowest BCUT2D eigenvalue weighted by atomic mass is 10.0. The highest BCUT2D eigenvalue weighted by molar-refractivity contribution is 5.54. The van der Waals surface area contributed by atoms with Crippen LogP contribution in [0.5, 0.6) is 0 Å². The highest BCUT2D eigenvalue weighted by Gasteiger charge is 2.17. The second kappa shape index (κ2) is 5.19. The lowest BCUT2D eigenvalue weighted by molar-refractivity contribution is 0.0594. The summed E-state index contributed by atoms with van der Waals surface area (Å²) >= 11 is 0. The van der Waals surface area contributed by atoms with E-state index in [1.165, 1.54) is 6.42 Å². The lowest BCUT2D eigenvalue weighted by Crippen LogP contribution is -2.25. The average Bonchev–Trinajstić information content (AvgIpc) is 2.62. The molecule has 0 bridgehead atoms. The Morgan fingerprint density at radius 2 is 2.47 bits per heavy atom. The third-order valence-electron chi connectivity index (χ3n) is 3.15. The van der Waals surface area contributed by atoms with Crippen LogP contribution in [0.15, 0.2) is 0 Å². The van der Waals surface area contributed by atoms with Gasteiger partial charge in [0.2, 0.25) is 0 Å². The Labute approximate surface area is 101 Å². The van der Waals surface area contributed by atoms with Crippen molar-refractivity contribution >= 4 is 5.82 Å². The first-order chi connectivity index (χ1) is 8.22. The molecule has 1 aromatic rings. The van der Waals surface area contributed by atoms with Gasteiger partial charge in [0.05, 0.1) is 12.3 Å². The van der Waals surface area contributed by atoms with Crippen molar-refractivity contribution in [2.45, 2.75) is 19.8 Å². The molecule has 0 spiro atoms. The summed E-state index contributed by atoms with van der Waals surface area (Å²) < 4.78 is 7.17. The van der Waals surface area contributed by atoms with Gasteiger partial charge in [-0.15, -0.1) is 0 Å². The van der Waals surface area contributed by atoms with Crippen LogP contribution in [-0.4, -0.2) is 29.5 Å². The highest BCUT2D eigenvalue weighted by Crippen LogP contribution is 2.19. The van der Waals surface area contributed by atoms with E-state index >= 15 is 0 Å². The first-order valence-electron chi connectivity index (χ1n) is 5.97. The summed E-state index contributed by atoms with van der Waals surface area (Å²) in [7, 11) is 1.85. The van der Waals surface area contributed by atoms with Gasteiger partial charge >= 0.3 is 0 Å². The van der Waals surface area contributed by atoms with Gasteiger partial charge in [-0.3, -0.25) is 4.68 Å². The number of ether oxygens (including phenoxy) is 1. The molecule has 2 rings (SSSR count). The minimum atomic E-state index is 0.533. The third-order valence-corrected chi connectivity index (χ3v) is 3.15. The van der Waals surface area contributed by atoms with Crippen molar-refractivity contribution in [3.05, 3.63) is 11.3 Å². The lowest BCUT2D eigenvalue weighted by Gasteiger charge is -2.22. The number of nitrogens with zero attached hydrogens (tertiary/aromatic N) is 3. The van der Waals surface area contributed by atoms with Crippen LogP contribution in [0.3, 0.4) is 0 Å². The van der Waals surface area contributed by atoms with Crippen molar-refractivity contribution in [2.24, 2.45) is 13.0 Å². The molecule has 92 valence electrons. The van der Waals surface area contributed by atoms with Crippen LogP contribution >= 0.6 is 0 Å². The molecule has 5 heteroatoms. The van der Waals surface area contributed by atoms with Crippen LogP contribution in [0.2, 0.25) is 0 Å². The normalized spacial score (nSPS) is 19.9. The largest absolute Gasteiger partial charge is 0.381 e. The molecule has 1 saturated heterocycles. The molecule has 2 heterocycles. The fourth-order valence-corrected chi connectivity index (χ4v) is 2.20. The van der Waals surface area contributed by atoms with E-state index in [-0.39, 0.29) is 0 Å². The molecule has 17 heavy (non-hydrogen) atoms. The third kappa shape index (κ3) is 2.59. The van der Waals surface area contributed by atoms with Crippen molar-refractivity contribution in [1.82, 2.24) is 9.78 Å². The Balaban J connectivity index is 2.01. The maximum Gasteiger partial charge on any atom is 0.142 e. The number of nitriles is 1. The van der Waals surface area contributed by atoms with Gasteiger partial charge < -0.3 is 10.1 Å². The molecule has 1 aromatic heterocycles. The van der Waals surface area contributed by atoms with Gasteiger partial charge in [-0.1, -0.05) is 0 Å². The minimum absolute atomic E-state index is 0.533. The van der Waals surface area contributed by atoms with Crippen molar-refractivity contribution in [3.8, 4) is 6.07 Å². The molecular formula is C12H18N4O. The van der Waals surface area contributed by atoms with Crippen LogP contribution in [0.4, 0.5) is 5.82 Å². The molecular weight excluding hydrogens is 216 g/mol. The van der Waals surface area contributed by atoms with E-state index in [2.05, 4.69) is 16.5 Å². The number of hydrogen-bond donors (Lipinski definition) is 1. The van der Waals surface area contributed by atoms with E-state index in [0.29, 0.717) is 11.5 Å². The van der Waals surface area contributed by atoms with Gasteiger partial charge in [-0.25, -0.2) is 0 Å². The molecule has 1 aliphatic rings. The van der Waals surface area contributed by atoms with Gasteiger partial charge in [0.1, 0.15) is 17.5 Å². The van der Waals surface area contributed by atoms with Gasteiger partial charge in [-0.2, -0.15) is 10.4 Å². The minimum Gasteiger partial charge on any atom is -0.381 e. The van der Waals surface area contributed by atoms with Crippen molar-refractivity contribution in [3.63, 3.8) is 0 Å². The highest BCUT2D eigenvalue weighted by atomic mass is 16.5. The molecule has 0 amide bonds. The van der Waals surface area contributed by atoms with Gasteiger partial charge in [0.15, 0.2) is 0 Å². The maximum atomic E-state index is 9.08. The molecule has 1 atom stereocenters. The Hall–Kier alpha value is -1.54. The predicted molar refractivity (Wildman–Crippen MR) is 64.7 cm³/mol. The second-order valence-corrected chi connectivity index (χ2v) is 4.51. The summed E-state index contributed by atoms with van der Waals surface area (Å²) in [6.45, 7) is 4.39. The summed E-state index contributed by atoms with van der Waals surface area (Å²) in [6.07, 6.45) is 2.31.